The molecule has 0 aromatic heterocycles. The van der Waals surface area contributed by atoms with Crippen molar-refractivity contribution in [3.05, 3.63) is 41.5 Å². The fourth-order valence-electron chi connectivity index (χ4n) is 3.37. The van der Waals surface area contributed by atoms with Gasteiger partial charge in [0.15, 0.2) is 23.0 Å². The van der Waals surface area contributed by atoms with Crippen molar-refractivity contribution >= 4 is 7.82 Å². The zero-order valence-corrected chi connectivity index (χ0v) is 16.9. The quantitative estimate of drug-likeness (QED) is 0.638. The third-order valence-electron chi connectivity index (χ3n) is 4.74. The molecule has 0 heterocycles. The van der Waals surface area contributed by atoms with Crippen LogP contribution in [0.3, 0.4) is 0 Å². The number of methoxy groups -OCH3 is 4. The second-order valence-corrected chi connectivity index (χ2v) is 7.56. The van der Waals surface area contributed by atoms with Gasteiger partial charge in [-0.15, -0.1) is 0 Å². The minimum Gasteiger partial charge on any atom is -0.493 e. The van der Waals surface area contributed by atoms with Crippen molar-refractivity contribution in [1.29, 1.82) is 0 Å². The molecule has 1 aliphatic rings. The summed E-state index contributed by atoms with van der Waals surface area (Å²) in [5.41, 5.74) is 1.94. The van der Waals surface area contributed by atoms with Gasteiger partial charge in [0.25, 0.3) is 0 Å². The Labute approximate surface area is 163 Å². The van der Waals surface area contributed by atoms with Crippen LogP contribution in [0.4, 0.5) is 0 Å². The van der Waals surface area contributed by atoms with Crippen LogP contribution in [0.2, 0.25) is 0 Å². The Balaban J connectivity index is 1.89. The molecule has 1 aliphatic carbocycles. The first kappa shape index (κ1) is 20.3. The molecule has 8 nitrogen and oxygen atoms in total. The summed E-state index contributed by atoms with van der Waals surface area (Å²) in [5.74, 6) is 2.37. The highest BCUT2D eigenvalue weighted by atomic mass is 31.2. The van der Waals surface area contributed by atoms with Crippen LogP contribution in [0.25, 0.3) is 0 Å². The van der Waals surface area contributed by atoms with Crippen molar-refractivity contribution in [1.82, 2.24) is 0 Å². The number of ether oxygens (including phenoxy) is 4. The van der Waals surface area contributed by atoms with Crippen LogP contribution in [0.1, 0.15) is 29.4 Å². The van der Waals surface area contributed by atoms with Crippen molar-refractivity contribution in [2.24, 2.45) is 0 Å². The van der Waals surface area contributed by atoms with E-state index in [0.717, 1.165) is 17.5 Å². The molecule has 9 heteroatoms. The maximum Gasteiger partial charge on any atom is 0.524 e. The van der Waals surface area contributed by atoms with Gasteiger partial charge in [0.2, 0.25) is 5.75 Å². The van der Waals surface area contributed by atoms with Crippen LogP contribution in [-0.2, 0) is 4.57 Å². The number of benzene rings is 2. The molecule has 28 heavy (non-hydrogen) atoms. The summed E-state index contributed by atoms with van der Waals surface area (Å²) in [6, 6.07) is 8.96. The number of hydrogen-bond acceptors (Lipinski definition) is 6. The van der Waals surface area contributed by atoms with E-state index in [1.165, 1.54) is 7.11 Å². The van der Waals surface area contributed by atoms with Crippen LogP contribution in [0.15, 0.2) is 30.3 Å². The van der Waals surface area contributed by atoms with Gasteiger partial charge in [-0.2, -0.15) is 0 Å². The average Bonchev–Trinajstić information content (AvgIpc) is 3.46. The van der Waals surface area contributed by atoms with Gasteiger partial charge < -0.3 is 23.5 Å². The van der Waals surface area contributed by atoms with E-state index in [1.54, 1.807) is 33.5 Å². The molecule has 0 saturated heterocycles. The van der Waals surface area contributed by atoms with Crippen molar-refractivity contribution in [3.63, 3.8) is 0 Å². The second kappa shape index (κ2) is 7.91. The van der Waals surface area contributed by atoms with Gasteiger partial charge in [-0.25, -0.2) is 4.57 Å². The second-order valence-electron chi connectivity index (χ2n) is 6.40. The number of phosphoric ester groups is 1. The van der Waals surface area contributed by atoms with Crippen LogP contribution < -0.4 is 23.5 Å². The Morgan fingerprint density at radius 2 is 1.32 bits per heavy atom. The molecule has 2 atom stereocenters. The standard InChI is InChI=1S/C19H23O8P/c1-23-15-6-5-11(7-16(15)27-28(20,21)22)13-10-14(13)12-8-17(24-2)19(26-4)18(9-12)25-3/h5-9,13-14H,10H2,1-4H3,(H2,20,21,22). The third kappa shape index (κ3) is 4.19. The summed E-state index contributed by atoms with van der Waals surface area (Å²) in [7, 11) is 1.42. The average molecular weight is 410 g/mol. The summed E-state index contributed by atoms with van der Waals surface area (Å²) in [5, 5.41) is 0. The van der Waals surface area contributed by atoms with Crippen LogP contribution in [0, 0.1) is 0 Å². The van der Waals surface area contributed by atoms with Crippen LogP contribution >= 0.6 is 7.82 Å². The van der Waals surface area contributed by atoms with Crippen molar-refractivity contribution in [3.8, 4) is 28.7 Å². The van der Waals surface area contributed by atoms with E-state index < -0.39 is 7.82 Å². The highest BCUT2D eigenvalue weighted by Crippen LogP contribution is 2.58. The molecule has 152 valence electrons. The van der Waals surface area contributed by atoms with E-state index in [-0.39, 0.29) is 23.3 Å². The molecule has 1 fully saturated rings. The van der Waals surface area contributed by atoms with Crippen LogP contribution in [0.5, 0.6) is 28.7 Å². The normalized spacial score (nSPS) is 18.4. The molecule has 2 aromatic rings. The molecule has 2 N–H and O–H groups in total. The largest absolute Gasteiger partial charge is 0.524 e. The molecule has 0 amide bonds. The maximum atomic E-state index is 11.2. The number of hydrogen-bond donors (Lipinski definition) is 2. The van der Waals surface area contributed by atoms with Gasteiger partial charge >= 0.3 is 7.82 Å². The van der Waals surface area contributed by atoms with Gasteiger partial charge in [-0.05, 0) is 53.6 Å². The maximum absolute atomic E-state index is 11.2. The van der Waals surface area contributed by atoms with Crippen molar-refractivity contribution in [2.75, 3.05) is 28.4 Å². The van der Waals surface area contributed by atoms with E-state index >= 15 is 0 Å². The van der Waals surface area contributed by atoms with Gasteiger partial charge in [0, 0.05) is 0 Å². The summed E-state index contributed by atoms with van der Waals surface area (Å²) >= 11 is 0. The summed E-state index contributed by atoms with van der Waals surface area (Å²) in [4.78, 5) is 18.2. The lowest BCUT2D eigenvalue weighted by atomic mass is 10.0. The highest BCUT2D eigenvalue weighted by Gasteiger charge is 2.41. The molecule has 0 aliphatic heterocycles. The van der Waals surface area contributed by atoms with Gasteiger partial charge in [0.05, 0.1) is 28.4 Å². The predicted octanol–water partition coefficient (Wildman–Crippen LogP) is 3.46. The zero-order chi connectivity index (χ0) is 20.5. The molecule has 1 saturated carbocycles. The Morgan fingerprint density at radius 1 is 0.786 bits per heavy atom. The first-order valence-electron chi connectivity index (χ1n) is 8.54. The van der Waals surface area contributed by atoms with Gasteiger partial charge in [-0.1, -0.05) is 6.07 Å². The molecule has 0 spiro atoms. The fourth-order valence-corrected chi connectivity index (χ4v) is 3.77. The lowest BCUT2D eigenvalue weighted by molar-refractivity contribution is 0.276. The molecular formula is C19H23O8P. The topological polar surface area (TPSA) is 104 Å². The Hall–Kier alpha value is -2.41. The fraction of sp³-hybridized carbons (Fsp3) is 0.368. The Kier molecular flexibility index (Phi) is 5.74. The summed E-state index contributed by atoms with van der Waals surface area (Å²) in [6.45, 7) is 0. The SMILES string of the molecule is COc1ccc(C2CC2c2cc(OC)c(OC)c(OC)c2)cc1OP(=O)(O)O. The first-order valence-corrected chi connectivity index (χ1v) is 10.1. The predicted molar refractivity (Wildman–Crippen MR) is 102 cm³/mol. The lowest BCUT2D eigenvalue weighted by Crippen LogP contribution is -1.97. The molecule has 3 rings (SSSR count). The minimum absolute atomic E-state index is 0.0175. The molecule has 2 unspecified atom stereocenters. The van der Waals surface area contributed by atoms with Crippen molar-refractivity contribution < 1.29 is 37.8 Å². The van der Waals surface area contributed by atoms with Crippen molar-refractivity contribution in [2.45, 2.75) is 18.3 Å². The number of rotatable bonds is 8. The van der Waals surface area contributed by atoms with E-state index in [2.05, 4.69) is 0 Å². The monoisotopic (exact) mass is 410 g/mol. The van der Waals surface area contributed by atoms with E-state index in [0.29, 0.717) is 17.2 Å². The third-order valence-corrected chi connectivity index (χ3v) is 5.17. The van der Waals surface area contributed by atoms with Crippen LogP contribution in [-0.4, -0.2) is 38.2 Å². The van der Waals surface area contributed by atoms with E-state index in [1.807, 2.05) is 18.2 Å². The minimum atomic E-state index is -4.69. The van der Waals surface area contributed by atoms with Gasteiger partial charge in [-0.3, -0.25) is 9.79 Å². The smallest absolute Gasteiger partial charge is 0.493 e. The molecule has 0 bridgehead atoms. The lowest BCUT2D eigenvalue weighted by Gasteiger charge is -2.15. The molecule has 2 aromatic carbocycles. The molecular weight excluding hydrogens is 387 g/mol. The van der Waals surface area contributed by atoms with Gasteiger partial charge in [0.1, 0.15) is 0 Å². The highest BCUT2D eigenvalue weighted by molar-refractivity contribution is 7.46. The Bertz CT molecular complexity index is 882. The first-order chi connectivity index (χ1) is 13.3. The molecule has 0 radical (unpaired) electrons. The van der Waals surface area contributed by atoms with E-state index in [9.17, 15) is 4.57 Å². The number of phosphoric acid groups is 1. The Morgan fingerprint density at radius 3 is 1.82 bits per heavy atom. The summed E-state index contributed by atoms with van der Waals surface area (Å²) in [6.07, 6.45) is 0.875. The zero-order valence-electron chi connectivity index (χ0n) is 16.0. The van der Waals surface area contributed by atoms with E-state index in [4.69, 9.17) is 33.3 Å². The summed E-state index contributed by atoms with van der Waals surface area (Å²) < 4.78 is 37.3.